The van der Waals surface area contributed by atoms with Crippen LogP contribution >= 0.6 is 15.9 Å². The molecule has 0 unspecified atom stereocenters. The summed E-state index contributed by atoms with van der Waals surface area (Å²) in [6.07, 6.45) is 1.27. The van der Waals surface area contributed by atoms with Crippen LogP contribution in [0.15, 0.2) is 18.2 Å². The molecule has 1 aromatic carbocycles. The molecule has 0 aliphatic carbocycles. The van der Waals surface area contributed by atoms with Crippen LogP contribution in [0.5, 0.6) is 0 Å². The predicted octanol–water partition coefficient (Wildman–Crippen LogP) is 3.67. The maximum absolute atomic E-state index is 13.3. The Kier molecular flexibility index (Phi) is 10.5. The average molecular weight is 439 g/mol. The first-order valence-electron chi connectivity index (χ1n) is 7.86. The van der Waals surface area contributed by atoms with Crippen LogP contribution in [-0.4, -0.2) is 48.7 Å². The molecule has 1 aromatic heterocycles. The SMILES string of the molecule is C.CCOC(=O)N1CCC(n2c(N)nc3cc(F)ccc32)CC1.N#CBr.[B]. The van der Waals surface area contributed by atoms with E-state index in [4.69, 9.17) is 15.7 Å². The van der Waals surface area contributed by atoms with E-state index in [9.17, 15) is 9.18 Å². The van der Waals surface area contributed by atoms with Gasteiger partial charge < -0.3 is 19.9 Å². The van der Waals surface area contributed by atoms with Crippen molar-refractivity contribution in [3.05, 3.63) is 24.0 Å². The van der Waals surface area contributed by atoms with Crippen molar-refractivity contribution in [1.82, 2.24) is 14.5 Å². The van der Waals surface area contributed by atoms with Gasteiger partial charge in [0.1, 0.15) is 10.8 Å². The Bertz CT molecular complexity index is 787. The van der Waals surface area contributed by atoms with E-state index in [0.717, 1.165) is 18.4 Å². The predicted molar refractivity (Wildman–Crippen MR) is 108 cm³/mol. The second-order valence-electron chi connectivity index (χ2n) is 5.47. The number of hydrogen-bond acceptors (Lipinski definition) is 5. The number of nitrogens with zero attached hydrogens (tertiary/aromatic N) is 4. The van der Waals surface area contributed by atoms with Crippen LogP contribution < -0.4 is 5.73 Å². The minimum atomic E-state index is -0.325. The topological polar surface area (TPSA) is 97.2 Å². The average Bonchev–Trinajstić information content (AvgIpc) is 2.91. The number of nitrogens with two attached hydrogens (primary N) is 1. The number of halogens is 2. The summed E-state index contributed by atoms with van der Waals surface area (Å²) in [6, 6.07) is 4.65. The van der Waals surface area contributed by atoms with Crippen molar-refractivity contribution in [3.8, 4) is 4.98 Å². The van der Waals surface area contributed by atoms with Crippen molar-refractivity contribution >= 4 is 47.4 Å². The van der Waals surface area contributed by atoms with Gasteiger partial charge in [0, 0.05) is 49.5 Å². The van der Waals surface area contributed by atoms with E-state index in [1.807, 2.05) is 4.57 Å². The van der Waals surface area contributed by atoms with Gasteiger partial charge in [0.25, 0.3) is 0 Å². The van der Waals surface area contributed by atoms with Crippen molar-refractivity contribution in [1.29, 1.82) is 5.26 Å². The van der Waals surface area contributed by atoms with Gasteiger partial charge in [0.05, 0.1) is 17.6 Å². The number of aromatic nitrogens is 2. The summed E-state index contributed by atoms with van der Waals surface area (Å²) in [6.45, 7) is 3.40. The highest BCUT2D eigenvalue weighted by molar-refractivity contribution is 9.12. The van der Waals surface area contributed by atoms with Crippen LogP contribution in [0.2, 0.25) is 0 Å². The van der Waals surface area contributed by atoms with Crippen LogP contribution in [0.3, 0.4) is 0 Å². The number of benzene rings is 1. The van der Waals surface area contributed by atoms with E-state index in [1.54, 1.807) is 22.9 Å². The van der Waals surface area contributed by atoms with Crippen LogP contribution in [0.25, 0.3) is 11.0 Å². The van der Waals surface area contributed by atoms with Crippen molar-refractivity contribution in [2.24, 2.45) is 0 Å². The number of piperidine rings is 1. The third kappa shape index (κ3) is 5.86. The van der Waals surface area contributed by atoms with Crippen LogP contribution in [0.1, 0.15) is 33.2 Å². The summed E-state index contributed by atoms with van der Waals surface area (Å²) < 4.78 is 20.2. The van der Waals surface area contributed by atoms with Crippen molar-refractivity contribution < 1.29 is 13.9 Å². The van der Waals surface area contributed by atoms with Gasteiger partial charge in [-0.15, -0.1) is 0 Å². The van der Waals surface area contributed by atoms with E-state index < -0.39 is 0 Å². The van der Waals surface area contributed by atoms with Gasteiger partial charge in [-0.05, 0) is 31.9 Å². The van der Waals surface area contributed by atoms with Gasteiger partial charge in [-0.2, -0.15) is 5.26 Å². The van der Waals surface area contributed by atoms with Crippen molar-refractivity contribution in [2.45, 2.75) is 33.2 Å². The molecule has 10 heteroatoms. The van der Waals surface area contributed by atoms with Gasteiger partial charge in [-0.1, -0.05) is 7.43 Å². The van der Waals surface area contributed by atoms with Gasteiger partial charge >= 0.3 is 6.09 Å². The summed E-state index contributed by atoms with van der Waals surface area (Å²) in [5, 5.41) is 7.24. The van der Waals surface area contributed by atoms with Gasteiger partial charge in [0.2, 0.25) is 5.95 Å². The molecule has 7 nitrogen and oxygen atoms in total. The molecule has 2 heterocycles. The van der Waals surface area contributed by atoms with Crippen molar-refractivity contribution in [2.75, 3.05) is 25.4 Å². The highest BCUT2D eigenvalue weighted by Gasteiger charge is 2.26. The fraction of sp³-hybridized carbons (Fsp3) is 0.471. The molecule has 1 amide bonds. The quantitative estimate of drug-likeness (QED) is 0.721. The molecule has 1 aliphatic heterocycles. The second kappa shape index (κ2) is 11.4. The van der Waals surface area contributed by atoms with Crippen LogP contribution in [0.4, 0.5) is 15.1 Å². The monoisotopic (exact) mass is 438 g/mol. The summed E-state index contributed by atoms with van der Waals surface area (Å²) in [5.41, 5.74) is 7.39. The number of likely N-dealkylation sites (tertiary alicyclic amines) is 1. The largest absolute Gasteiger partial charge is 0.450 e. The number of hydrogen-bond donors (Lipinski definition) is 1. The van der Waals surface area contributed by atoms with E-state index >= 15 is 0 Å². The molecule has 3 radical (unpaired) electrons. The molecule has 2 N–H and O–H groups in total. The zero-order chi connectivity index (χ0) is 18.4. The Hall–Kier alpha value is -2.28. The summed E-state index contributed by atoms with van der Waals surface area (Å²) in [7, 11) is 0. The normalized spacial score (nSPS) is 13.5. The molecular formula is C17H23BBrFN5O2. The van der Waals surface area contributed by atoms with Gasteiger partial charge in [-0.3, -0.25) is 0 Å². The van der Waals surface area contributed by atoms with E-state index in [1.165, 1.54) is 12.1 Å². The molecule has 1 fully saturated rings. The number of nitrogen functional groups attached to an aromatic ring is 1. The van der Waals surface area contributed by atoms with Crippen LogP contribution in [0, 0.1) is 16.1 Å². The highest BCUT2D eigenvalue weighted by Crippen LogP contribution is 2.30. The Morgan fingerprint density at radius 3 is 2.63 bits per heavy atom. The molecule has 3 rings (SSSR count). The molecule has 0 atom stereocenters. The molecule has 0 saturated carbocycles. The fourth-order valence-electron chi connectivity index (χ4n) is 3.00. The first kappa shape index (κ1) is 24.7. The summed E-state index contributed by atoms with van der Waals surface area (Å²) in [4.78, 5) is 19.2. The Morgan fingerprint density at radius 1 is 1.48 bits per heavy atom. The Morgan fingerprint density at radius 2 is 2.07 bits per heavy atom. The molecule has 27 heavy (non-hydrogen) atoms. The molecular weight excluding hydrogens is 416 g/mol. The molecule has 145 valence electrons. The molecule has 1 saturated heterocycles. The lowest BCUT2D eigenvalue weighted by molar-refractivity contribution is 0.0932. The molecule has 1 aliphatic rings. The Balaban J connectivity index is 0.00000127. The number of imidazole rings is 1. The number of fused-ring (bicyclic) bond motifs is 1. The third-order valence-electron chi connectivity index (χ3n) is 4.03. The smallest absolute Gasteiger partial charge is 0.409 e. The lowest BCUT2D eigenvalue weighted by atomic mass is 10.0. The lowest BCUT2D eigenvalue weighted by Crippen LogP contribution is -2.39. The zero-order valence-electron chi connectivity index (χ0n) is 14.4. The number of ether oxygens (including phenoxy) is 1. The number of carbonyl (C=O) groups is 1. The molecule has 0 spiro atoms. The minimum Gasteiger partial charge on any atom is -0.450 e. The van der Waals surface area contributed by atoms with Gasteiger partial charge in [-0.25, -0.2) is 14.2 Å². The number of amides is 1. The maximum atomic E-state index is 13.3. The third-order valence-corrected chi connectivity index (χ3v) is 4.03. The van der Waals surface area contributed by atoms with Crippen LogP contribution in [-0.2, 0) is 4.74 Å². The first-order chi connectivity index (χ1) is 12.0. The fourth-order valence-corrected chi connectivity index (χ4v) is 3.00. The standard InChI is InChI=1S/C15H19FN4O2.CBrN.CH4.B/c1-2-22-15(21)19-7-5-11(6-8-19)20-13-4-3-10(16)9-12(13)18-14(20)17;2-1-3;;/h3-4,9,11H,2,5-8H2,1H3,(H2,17,18);;1H4;. The van der Waals surface area contributed by atoms with E-state index in [-0.39, 0.29) is 33.8 Å². The lowest BCUT2D eigenvalue weighted by Gasteiger charge is -2.32. The van der Waals surface area contributed by atoms with Crippen molar-refractivity contribution in [3.63, 3.8) is 0 Å². The zero-order valence-corrected chi connectivity index (χ0v) is 15.9. The molecule has 0 bridgehead atoms. The summed E-state index contributed by atoms with van der Waals surface area (Å²) in [5.74, 6) is 0.0597. The molecule has 2 aromatic rings. The number of nitriles is 1. The highest BCUT2D eigenvalue weighted by atomic mass is 79.9. The Labute approximate surface area is 169 Å². The van der Waals surface area contributed by atoms with E-state index in [0.29, 0.717) is 31.2 Å². The van der Waals surface area contributed by atoms with Gasteiger partial charge in [0.15, 0.2) is 0 Å². The first-order valence-corrected chi connectivity index (χ1v) is 8.65. The minimum absolute atomic E-state index is 0. The number of rotatable bonds is 2. The summed E-state index contributed by atoms with van der Waals surface area (Å²) >= 11 is 2.45. The number of anilines is 1. The van der Waals surface area contributed by atoms with E-state index in [2.05, 4.69) is 20.9 Å². The maximum Gasteiger partial charge on any atom is 0.409 e. The second-order valence-corrected chi connectivity index (χ2v) is 5.83. The number of carbonyl (C=O) groups excluding carboxylic acids is 1.